The Morgan fingerprint density at radius 1 is 1.12 bits per heavy atom. The average Bonchev–Trinajstić information content (AvgIpc) is 2.48. The van der Waals surface area contributed by atoms with E-state index in [0.29, 0.717) is 5.92 Å². The van der Waals surface area contributed by atoms with E-state index in [-0.39, 0.29) is 5.38 Å². The van der Waals surface area contributed by atoms with Crippen molar-refractivity contribution in [2.75, 3.05) is 0 Å². The quantitative estimate of drug-likeness (QED) is 0.533. The van der Waals surface area contributed by atoms with Crippen molar-refractivity contribution in [1.82, 2.24) is 0 Å². The third-order valence-corrected chi connectivity index (χ3v) is 3.87. The van der Waals surface area contributed by atoms with Gasteiger partial charge in [-0.3, -0.25) is 0 Å². The first-order valence-corrected chi connectivity index (χ1v) is 6.67. The number of rotatable bonds is 2. The molecule has 2 rings (SSSR count). The largest absolute Gasteiger partial charge is 0.204 e. The summed E-state index contributed by atoms with van der Waals surface area (Å²) in [5, 5.41) is 0.243. The summed E-state index contributed by atoms with van der Waals surface area (Å²) in [6, 6.07) is 4.19. The van der Waals surface area contributed by atoms with Crippen molar-refractivity contribution < 1.29 is 8.78 Å². The van der Waals surface area contributed by atoms with Gasteiger partial charge >= 0.3 is 0 Å². The first-order chi connectivity index (χ1) is 8.15. The standard InChI is InChI=1S/C14H17ClF2/c15-12-4-2-1-3-10(8-12)7-11-5-6-13(16)14(17)9-11/h5-6,9-10,12H,1-4,7-8H2. The van der Waals surface area contributed by atoms with Crippen LogP contribution in [0.2, 0.25) is 0 Å². The predicted octanol–water partition coefficient (Wildman–Crippen LogP) is 4.70. The topological polar surface area (TPSA) is 0 Å². The summed E-state index contributed by atoms with van der Waals surface area (Å²) in [6.07, 6.45) is 6.39. The molecule has 1 aliphatic rings. The van der Waals surface area contributed by atoms with Crippen LogP contribution >= 0.6 is 11.6 Å². The molecular formula is C14H17ClF2. The third kappa shape index (κ3) is 3.67. The second-order valence-corrected chi connectivity index (χ2v) is 5.55. The van der Waals surface area contributed by atoms with Gasteiger partial charge in [0.2, 0.25) is 0 Å². The zero-order chi connectivity index (χ0) is 12.3. The van der Waals surface area contributed by atoms with Crippen LogP contribution in [0.3, 0.4) is 0 Å². The zero-order valence-electron chi connectivity index (χ0n) is 9.76. The molecule has 1 fully saturated rings. The minimum atomic E-state index is -0.773. The zero-order valence-corrected chi connectivity index (χ0v) is 10.5. The molecule has 2 atom stereocenters. The number of hydrogen-bond acceptors (Lipinski definition) is 0. The van der Waals surface area contributed by atoms with Gasteiger partial charge in [0.25, 0.3) is 0 Å². The van der Waals surface area contributed by atoms with Crippen LogP contribution in [-0.2, 0) is 6.42 Å². The van der Waals surface area contributed by atoms with Crippen molar-refractivity contribution in [3.63, 3.8) is 0 Å². The molecule has 17 heavy (non-hydrogen) atoms. The average molecular weight is 259 g/mol. The fourth-order valence-corrected chi connectivity index (χ4v) is 2.99. The SMILES string of the molecule is Fc1ccc(CC2CCCCC(Cl)C2)cc1F. The molecule has 3 heteroatoms. The van der Waals surface area contributed by atoms with E-state index in [2.05, 4.69) is 0 Å². The van der Waals surface area contributed by atoms with Crippen LogP contribution in [0.15, 0.2) is 18.2 Å². The molecule has 0 aromatic heterocycles. The van der Waals surface area contributed by atoms with Crippen LogP contribution in [-0.4, -0.2) is 5.38 Å². The third-order valence-electron chi connectivity index (χ3n) is 3.48. The van der Waals surface area contributed by atoms with Gasteiger partial charge in [-0.05, 0) is 42.9 Å². The molecule has 1 aromatic rings. The highest BCUT2D eigenvalue weighted by molar-refractivity contribution is 6.20. The van der Waals surface area contributed by atoms with Crippen molar-refractivity contribution in [1.29, 1.82) is 0 Å². The summed E-state index contributed by atoms with van der Waals surface area (Å²) in [5.41, 5.74) is 0.875. The Labute approximate surface area is 106 Å². The van der Waals surface area contributed by atoms with Crippen molar-refractivity contribution in [2.45, 2.75) is 43.9 Å². The summed E-state index contributed by atoms with van der Waals surface area (Å²) < 4.78 is 25.9. The lowest BCUT2D eigenvalue weighted by atomic mass is 9.92. The summed E-state index contributed by atoms with van der Waals surface area (Å²) in [5.74, 6) is -1.02. The molecular weight excluding hydrogens is 242 g/mol. The van der Waals surface area contributed by atoms with Gasteiger partial charge in [0.05, 0.1) is 0 Å². The van der Waals surface area contributed by atoms with Crippen LogP contribution in [0, 0.1) is 17.6 Å². The van der Waals surface area contributed by atoms with E-state index in [4.69, 9.17) is 11.6 Å². The first kappa shape index (κ1) is 12.8. The van der Waals surface area contributed by atoms with Crippen LogP contribution in [0.1, 0.15) is 37.7 Å². The summed E-state index contributed by atoms with van der Waals surface area (Å²) >= 11 is 6.20. The van der Waals surface area contributed by atoms with Crippen LogP contribution in [0.5, 0.6) is 0 Å². The smallest absolute Gasteiger partial charge is 0.159 e. The highest BCUT2D eigenvalue weighted by Crippen LogP contribution is 2.29. The maximum atomic E-state index is 13.1. The Kier molecular flexibility index (Phi) is 4.38. The Bertz CT molecular complexity index is 378. The van der Waals surface area contributed by atoms with Crippen LogP contribution < -0.4 is 0 Å². The van der Waals surface area contributed by atoms with Crippen molar-refractivity contribution in [3.8, 4) is 0 Å². The molecule has 0 aliphatic heterocycles. The van der Waals surface area contributed by atoms with Gasteiger partial charge < -0.3 is 0 Å². The molecule has 0 nitrogen and oxygen atoms in total. The minimum Gasteiger partial charge on any atom is -0.204 e. The number of halogens is 3. The van der Waals surface area contributed by atoms with Gasteiger partial charge in [-0.15, -0.1) is 11.6 Å². The normalized spacial score (nSPS) is 25.6. The Morgan fingerprint density at radius 2 is 1.88 bits per heavy atom. The molecule has 0 amide bonds. The summed E-state index contributed by atoms with van der Waals surface area (Å²) in [7, 11) is 0. The fourth-order valence-electron chi connectivity index (χ4n) is 2.58. The molecule has 2 unspecified atom stereocenters. The molecule has 0 heterocycles. The molecule has 0 N–H and O–H groups in total. The minimum absolute atomic E-state index is 0.243. The van der Waals surface area contributed by atoms with E-state index < -0.39 is 11.6 Å². The molecule has 0 spiro atoms. The molecule has 0 saturated heterocycles. The molecule has 0 bridgehead atoms. The van der Waals surface area contributed by atoms with E-state index in [1.54, 1.807) is 6.07 Å². The van der Waals surface area contributed by atoms with Gasteiger partial charge in [-0.2, -0.15) is 0 Å². The predicted molar refractivity (Wildman–Crippen MR) is 66.3 cm³/mol. The fraction of sp³-hybridized carbons (Fsp3) is 0.571. The van der Waals surface area contributed by atoms with E-state index in [9.17, 15) is 8.78 Å². The number of benzene rings is 1. The van der Waals surface area contributed by atoms with Gasteiger partial charge in [0.1, 0.15) is 0 Å². The molecule has 0 radical (unpaired) electrons. The second kappa shape index (κ2) is 5.81. The van der Waals surface area contributed by atoms with E-state index in [0.717, 1.165) is 31.2 Å². The van der Waals surface area contributed by atoms with Crippen LogP contribution in [0.4, 0.5) is 8.78 Å². The second-order valence-electron chi connectivity index (χ2n) is 4.94. The van der Waals surface area contributed by atoms with E-state index >= 15 is 0 Å². The Morgan fingerprint density at radius 3 is 2.65 bits per heavy atom. The van der Waals surface area contributed by atoms with Gasteiger partial charge in [-0.1, -0.05) is 25.3 Å². The number of hydrogen-bond donors (Lipinski definition) is 0. The van der Waals surface area contributed by atoms with Gasteiger partial charge in [0, 0.05) is 5.38 Å². The summed E-state index contributed by atoms with van der Waals surface area (Å²) in [6.45, 7) is 0. The monoisotopic (exact) mass is 258 g/mol. The lowest BCUT2D eigenvalue weighted by molar-refractivity contribution is 0.456. The lowest BCUT2D eigenvalue weighted by Gasteiger charge is -2.16. The van der Waals surface area contributed by atoms with Crippen molar-refractivity contribution in [3.05, 3.63) is 35.4 Å². The molecule has 94 valence electrons. The highest BCUT2D eigenvalue weighted by atomic mass is 35.5. The van der Waals surface area contributed by atoms with E-state index in [1.165, 1.54) is 25.0 Å². The maximum Gasteiger partial charge on any atom is 0.159 e. The van der Waals surface area contributed by atoms with Gasteiger partial charge in [0.15, 0.2) is 11.6 Å². The lowest BCUT2D eigenvalue weighted by Crippen LogP contribution is -2.09. The number of alkyl halides is 1. The molecule has 1 saturated carbocycles. The van der Waals surface area contributed by atoms with Crippen molar-refractivity contribution in [2.24, 2.45) is 5.92 Å². The van der Waals surface area contributed by atoms with E-state index in [1.807, 2.05) is 0 Å². The first-order valence-electron chi connectivity index (χ1n) is 6.23. The van der Waals surface area contributed by atoms with Crippen LogP contribution in [0.25, 0.3) is 0 Å². The maximum absolute atomic E-state index is 13.1. The van der Waals surface area contributed by atoms with Gasteiger partial charge in [-0.25, -0.2) is 8.78 Å². The Balaban J connectivity index is 2.01. The summed E-state index contributed by atoms with van der Waals surface area (Å²) in [4.78, 5) is 0. The molecule has 1 aliphatic carbocycles. The Hall–Kier alpha value is -0.630. The highest BCUT2D eigenvalue weighted by Gasteiger charge is 2.19. The molecule has 1 aromatic carbocycles. The van der Waals surface area contributed by atoms with Crippen molar-refractivity contribution >= 4 is 11.6 Å².